The normalized spacial score (nSPS) is 11.3. The van der Waals surface area contributed by atoms with E-state index in [1.807, 2.05) is 6.08 Å². The van der Waals surface area contributed by atoms with Crippen molar-refractivity contribution in [3.8, 4) is 11.5 Å². The number of esters is 1. The van der Waals surface area contributed by atoms with Crippen molar-refractivity contribution < 1.29 is 19.7 Å². The number of phenolic OH excluding ortho intramolecular Hbond substituents is 2. The Labute approximate surface area is 180 Å². The summed E-state index contributed by atoms with van der Waals surface area (Å²) in [5.74, 6) is -0.162. The first-order valence-electron chi connectivity index (χ1n) is 11.0. The lowest BCUT2D eigenvalue weighted by atomic mass is 9.88. The number of allylic oxidation sites excluding steroid dienone is 1. The molecule has 4 nitrogen and oxygen atoms in total. The number of carbonyl (C=O) groups excluding carboxylic acids is 1. The summed E-state index contributed by atoms with van der Waals surface area (Å²) in [6, 6.07) is 13.6. The predicted octanol–water partition coefficient (Wildman–Crippen LogP) is 6.82. The molecular formula is C26H34O4. The Bertz CT molecular complexity index is 717. The van der Waals surface area contributed by atoms with E-state index in [-0.39, 0.29) is 29.8 Å². The maximum absolute atomic E-state index is 12.4. The number of ether oxygens (including phenoxy) is 1. The number of unbranched alkanes of at least 4 members (excludes halogenated alkanes) is 7. The van der Waals surface area contributed by atoms with Crippen molar-refractivity contribution in [2.45, 2.75) is 70.6 Å². The third kappa shape index (κ3) is 8.73. The maximum Gasteiger partial charge on any atom is 0.311 e. The summed E-state index contributed by atoms with van der Waals surface area (Å²) in [4.78, 5) is 12.4. The van der Waals surface area contributed by atoms with Crippen molar-refractivity contribution in [3.05, 3.63) is 72.0 Å². The van der Waals surface area contributed by atoms with Gasteiger partial charge in [0.2, 0.25) is 0 Å². The van der Waals surface area contributed by atoms with Gasteiger partial charge in [-0.05, 0) is 54.3 Å². The Balaban J connectivity index is 1.83. The summed E-state index contributed by atoms with van der Waals surface area (Å²) in [6.07, 6.45) is 13.3. The first kappa shape index (κ1) is 23.5. The number of benzene rings is 2. The van der Waals surface area contributed by atoms with E-state index in [1.165, 1.54) is 44.8 Å². The molecule has 0 saturated heterocycles. The number of carbonyl (C=O) groups is 1. The minimum atomic E-state index is -0.308. The summed E-state index contributed by atoms with van der Waals surface area (Å²) >= 11 is 0. The van der Waals surface area contributed by atoms with E-state index < -0.39 is 0 Å². The molecule has 0 fully saturated rings. The second-order valence-corrected chi connectivity index (χ2v) is 7.71. The SMILES string of the molecule is CCCCCCCCCC=COC(=O)CC(c1ccc(O)cc1)c1ccc(O)cc1. The standard InChI is InChI=1S/C26H34O4/c1-2-3-4-5-6-7-8-9-10-19-30-26(29)20-25(21-11-15-23(27)16-12-21)22-13-17-24(28)18-14-22/h10-19,25,27-28H,2-9,20H2,1H3. The molecule has 0 atom stereocenters. The van der Waals surface area contributed by atoms with Crippen LogP contribution in [-0.2, 0) is 9.53 Å². The van der Waals surface area contributed by atoms with Crippen molar-refractivity contribution in [3.63, 3.8) is 0 Å². The quantitative estimate of drug-likeness (QED) is 0.216. The third-order valence-corrected chi connectivity index (χ3v) is 5.23. The van der Waals surface area contributed by atoms with Gasteiger partial charge in [0.25, 0.3) is 0 Å². The van der Waals surface area contributed by atoms with Crippen molar-refractivity contribution in [1.82, 2.24) is 0 Å². The van der Waals surface area contributed by atoms with Crippen LogP contribution in [0.25, 0.3) is 0 Å². The molecule has 0 aliphatic rings. The lowest BCUT2D eigenvalue weighted by molar-refractivity contribution is -0.138. The molecule has 0 amide bonds. The van der Waals surface area contributed by atoms with Crippen LogP contribution in [0.5, 0.6) is 11.5 Å². The highest BCUT2D eigenvalue weighted by atomic mass is 16.5. The number of aromatic hydroxyl groups is 2. The molecule has 0 bridgehead atoms. The zero-order chi connectivity index (χ0) is 21.6. The molecule has 0 saturated carbocycles. The minimum Gasteiger partial charge on any atom is -0.508 e. The van der Waals surface area contributed by atoms with Crippen molar-refractivity contribution in [1.29, 1.82) is 0 Å². The molecule has 162 valence electrons. The molecule has 0 aromatic heterocycles. The molecule has 0 spiro atoms. The molecule has 0 heterocycles. The average molecular weight is 411 g/mol. The van der Waals surface area contributed by atoms with Gasteiger partial charge in [-0.25, -0.2) is 0 Å². The van der Waals surface area contributed by atoms with E-state index >= 15 is 0 Å². The lowest BCUT2D eigenvalue weighted by Gasteiger charge is -2.17. The lowest BCUT2D eigenvalue weighted by Crippen LogP contribution is -2.09. The fourth-order valence-corrected chi connectivity index (χ4v) is 3.47. The first-order valence-corrected chi connectivity index (χ1v) is 11.0. The van der Waals surface area contributed by atoms with E-state index in [0.717, 1.165) is 24.0 Å². The molecule has 0 radical (unpaired) electrons. The number of phenols is 2. The first-order chi connectivity index (χ1) is 14.6. The molecule has 0 unspecified atom stereocenters. The van der Waals surface area contributed by atoms with Crippen LogP contribution < -0.4 is 0 Å². The van der Waals surface area contributed by atoms with Crippen molar-refractivity contribution in [2.75, 3.05) is 0 Å². The fraction of sp³-hybridized carbons (Fsp3) is 0.423. The highest BCUT2D eigenvalue weighted by Crippen LogP contribution is 2.30. The average Bonchev–Trinajstić information content (AvgIpc) is 2.75. The van der Waals surface area contributed by atoms with Gasteiger partial charge in [0.1, 0.15) is 11.5 Å². The Morgan fingerprint density at radius 1 is 0.833 bits per heavy atom. The highest BCUT2D eigenvalue weighted by molar-refractivity contribution is 5.72. The smallest absolute Gasteiger partial charge is 0.311 e. The molecule has 2 rings (SSSR count). The molecule has 0 aliphatic carbocycles. The maximum atomic E-state index is 12.4. The molecular weight excluding hydrogens is 376 g/mol. The molecule has 30 heavy (non-hydrogen) atoms. The Morgan fingerprint density at radius 3 is 1.87 bits per heavy atom. The van der Waals surface area contributed by atoms with E-state index in [1.54, 1.807) is 48.5 Å². The predicted molar refractivity (Wildman–Crippen MR) is 121 cm³/mol. The van der Waals surface area contributed by atoms with E-state index in [4.69, 9.17) is 4.74 Å². The number of rotatable bonds is 13. The van der Waals surface area contributed by atoms with Gasteiger partial charge in [0.15, 0.2) is 0 Å². The summed E-state index contributed by atoms with van der Waals surface area (Å²) in [5.41, 5.74) is 1.81. The van der Waals surface area contributed by atoms with Gasteiger partial charge in [0, 0.05) is 5.92 Å². The Hall–Kier alpha value is -2.75. The highest BCUT2D eigenvalue weighted by Gasteiger charge is 2.19. The van der Waals surface area contributed by atoms with Gasteiger partial charge in [-0.15, -0.1) is 0 Å². The number of hydrogen-bond acceptors (Lipinski definition) is 4. The van der Waals surface area contributed by atoms with Crippen LogP contribution in [-0.4, -0.2) is 16.2 Å². The van der Waals surface area contributed by atoms with Crippen LogP contribution >= 0.6 is 0 Å². The van der Waals surface area contributed by atoms with E-state index in [9.17, 15) is 15.0 Å². The van der Waals surface area contributed by atoms with Crippen LogP contribution in [0.3, 0.4) is 0 Å². The van der Waals surface area contributed by atoms with Gasteiger partial charge in [-0.1, -0.05) is 69.7 Å². The second kappa shape index (κ2) is 13.5. The van der Waals surface area contributed by atoms with Gasteiger partial charge in [-0.2, -0.15) is 0 Å². The third-order valence-electron chi connectivity index (χ3n) is 5.23. The number of hydrogen-bond donors (Lipinski definition) is 2. The van der Waals surface area contributed by atoms with Crippen LogP contribution in [0.4, 0.5) is 0 Å². The van der Waals surface area contributed by atoms with Gasteiger partial charge >= 0.3 is 5.97 Å². The summed E-state index contributed by atoms with van der Waals surface area (Å²) in [7, 11) is 0. The summed E-state index contributed by atoms with van der Waals surface area (Å²) < 4.78 is 5.30. The topological polar surface area (TPSA) is 66.8 Å². The molecule has 2 aromatic carbocycles. The molecule has 0 aliphatic heterocycles. The van der Waals surface area contributed by atoms with E-state index in [0.29, 0.717) is 0 Å². The summed E-state index contributed by atoms with van der Waals surface area (Å²) in [5, 5.41) is 19.1. The largest absolute Gasteiger partial charge is 0.508 e. The molecule has 4 heteroatoms. The van der Waals surface area contributed by atoms with Crippen LogP contribution in [0.15, 0.2) is 60.9 Å². The van der Waals surface area contributed by atoms with Crippen LogP contribution in [0, 0.1) is 0 Å². The Morgan fingerprint density at radius 2 is 1.33 bits per heavy atom. The van der Waals surface area contributed by atoms with Gasteiger partial charge in [0.05, 0.1) is 12.7 Å². The fourth-order valence-electron chi connectivity index (χ4n) is 3.47. The zero-order valence-electron chi connectivity index (χ0n) is 17.9. The minimum absolute atomic E-state index is 0.178. The van der Waals surface area contributed by atoms with E-state index in [2.05, 4.69) is 6.92 Å². The van der Waals surface area contributed by atoms with Crippen molar-refractivity contribution in [2.24, 2.45) is 0 Å². The van der Waals surface area contributed by atoms with Crippen molar-refractivity contribution >= 4 is 5.97 Å². The molecule has 2 aromatic rings. The zero-order valence-corrected chi connectivity index (χ0v) is 17.9. The summed E-state index contributed by atoms with van der Waals surface area (Å²) in [6.45, 7) is 2.23. The van der Waals surface area contributed by atoms with Gasteiger partial charge < -0.3 is 14.9 Å². The van der Waals surface area contributed by atoms with Gasteiger partial charge in [-0.3, -0.25) is 4.79 Å². The van der Waals surface area contributed by atoms with Crippen LogP contribution in [0.1, 0.15) is 81.8 Å². The second-order valence-electron chi connectivity index (χ2n) is 7.71. The monoisotopic (exact) mass is 410 g/mol. The molecule has 2 N–H and O–H groups in total. The Kier molecular flexibility index (Phi) is 10.6. The van der Waals surface area contributed by atoms with Crippen LogP contribution in [0.2, 0.25) is 0 Å².